The summed E-state index contributed by atoms with van der Waals surface area (Å²) in [5.41, 5.74) is 3.15. The summed E-state index contributed by atoms with van der Waals surface area (Å²) in [6, 6.07) is 8.98. The van der Waals surface area contributed by atoms with Crippen LogP contribution in [0.1, 0.15) is 5.69 Å². The van der Waals surface area contributed by atoms with Crippen molar-refractivity contribution in [1.82, 2.24) is 9.97 Å². The van der Waals surface area contributed by atoms with E-state index in [0.717, 1.165) is 11.4 Å². The van der Waals surface area contributed by atoms with Crippen LogP contribution in [0.2, 0.25) is 0 Å². The second kappa shape index (κ2) is 5.33. The van der Waals surface area contributed by atoms with Crippen molar-refractivity contribution in [2.24, 2.45) is 5.84 Å². The first-order valence-corrected chi connectivity index (χ1v) is 5.35. The predicted octanol–water partition coefficient (Wildman–Crippen LogP) is 1.87. The molecule has 1 aromatic carbocycles. The Kier molecular flexibility index (Phi) is 3.59. The zero-order valence-electron chi connectivity index (χ0n) is 10.2. The molecule has 94 valence electrons. The Morgan fingerprint density at radius 2 is 1.94 bits per heavy atom. The second-order valence-electron chi connectivity index (χ2n) is 3.60. The maximum atomic E-state index is 5.62. The average molecular weight is 246 g/mol. The predicted molar refractivity (Wildman–Crippen MR) is 67.6 cm³/mol. The van der Waals surface area contributed by atoms with Gasteiger partial charge in [-0.15, -0.1) is 0 Å². The lowest BCUT2D eigenvalue weighted by Crippen LogP contribution is -2.11. The van der Waals surface area contributed by atoms with Gasteiger partial charge >= 0.3 is 0 Å². The molecule has 0 atom stereocenters. The van der Waals surface area contributed by atoms with Gasteiger partial charge in [-0.1, -0.05) is 6.07 Å². The molecule has 3 N–H and O–H groups in total. The Morgan fingerprint density at radius 1 is 1.17 bits per heavy atom. The third-order valence-electron chi connectivity index (χ3n) is 2.22. The highest BCUT2D eigenvalue weighted by atomic mass is 16.5. The van der Waals surface area contributed by atoms with Crippen LogP contribution in [-0.4, -0.2) is 17.1 Å². The highest BCUT2D eigenvalue weighted by molar-refractivity contribution is 5.37. The summed E-state index contributed by atoms with van der Waals surface area (Å²) in [5, 5.41) is 0. The summed E-state index contributed by atoms with van der Waals surface area (Å²) < 4.78 is 10.7. The van der Waals surface area contributed by atoms with Crippen LogP contribution in [0.25, 0.3) is 0 Å². The Bertz CT molecular complexity index is 545. The standard InChI is InChI=1S/C12H14N4O2/c1-8-6-11(15-12(14-8)16-13)18-10-5-3-4-9(7-10)17-2/h3-7H,13H2,1-2H3,(H,14,15,16). The van der Waals surface area contributed by atoms with Crippen molar-refractivity contribution in [1.29, 1.82) is 0 Å². The van der Waals surface area contributed by atoms with Crippen molar-refractivity contribution < 1.29 is 9.47 Å². The van der Waals surface area contributed by atoms with Crippen molar-refractivity contribution in [3.05, 3.63) is 36.0 Å². The SMILES string of the molecule is COc1cccc(Oc2cc(C)nc(NN)n2)c1. The number of methoxy groups -OCH3 is 1. The average Bonchev–Trinajstić information content (AvgIpc) is 2.38. The lowest BCUT2D eigenvalue weighted by Gasteiger charge is -2.08. The number of hydrazine groups is 1. The smallest absolute Gasteiger partial charge is 0.240 e. The van der Waals surface area contributed by atoms with E-state index >= 15 is 0 Å². The molecule has 0 aliphatic rings. The third kappa shape index (κ3) is 2.86. The summed E-state index contributed by atoms with van der Waals surface area (Å²) in [6.07, 6.45) is 0. The van der Waals surface area contributed by atoms with E-state index in [4.69, 9.17) is 15.3 Å². The summed E-state index contributed by atoms with van der Waals surface area (Å²) in [6.45, 7) is 1.83. The van der Waals surface area contributed by atoms with Gasteiger partial charge < -0.3 is 9.47 Å². The highest BCUT2D eigenvalue weighted by Crippen LogP contribution is 2.24. The molecule has 6 heteroatoms. The maximum Gasteiger partial charge on any atom is 0.240 e. The van der Waals surface area contributed by atoms with E-state index in [1.807, 2.05) is 25.1 Å². The summed E-state index contributed by atoms with van der Waals surface area (Å²) in [4.78, 5) is 8.17. The van der Waals surface area contributed by atoms with Gasteiger partial charge in [-0.25, -0.2) is 10.8 Å². The Balaban J connectivity index is 2.24. The molecule has 1 aromatic heterocycles. The van der Waals surface area contributed by atoms with Crippen molar-refractivity contribution >= 4 is 5.95 Å². The van der Waals surface area contributed by atoms with Crippen LogP contribution in [0, 0.1) is 6.92 Å². The number of anilines is 1. The van der Waals surface area contributed by atoms with E-state index in [1.54, 1.807) is 19.2 Å². The molecule has 0 spiro atoms. The first-order valence-electron chi connectivity index (χ1n) is 5.35. The minimum atomic E-state index is 0.313. The third-order valence-corrected chi connectivity index (χ3v) is 2.22. The monoisotopic (exact) mass is 246 g/mol. The number of nitrogens with zero attached hydrogens (tertiary/aromatic N) is 2. The van der Waals surface area contributed by atoms with Gasteiger partial charge in [0.1, 0.15) is 11.5 Å². The molecule has 0 aliphatic carbocycles. The molecule has 0 saturated carbocycles. The summed E-state index contributed by atoms with van der Waals surface area (Å²) >= 11 is 0. The van der Waals surface area contributed by atoms with Crippen LogP contribution in [0.5, 0.6) is 17.4 Å². The normalized spacial score (nSPS) is 9.94. The van der Waals surface area contributed by atoms with E-state index < -0.39 is 0 Å². The van der Waals surface area contributed by atoms with E-state index in [0.29, 0.717) is 17.6 Å². The molecule has 1 heterocycles. The first-order chi connectivity index (χ1) is 8.71. The van der Waals surface area contributed by atoms with E-state index in [1.165, 1.54) is 0 Å². The Hall–Kier alpha value is -2.34. The minimum absolute atomic E-state index is 0.313. The van der Waals surface area contributed by atoms with Crippen molar-refractivity contribution in [3.63, 3.8) is 0 Å². The highest BCUT2D eigenvalue weighted by Gasteiger charge is 2.04. The number of aryl methyl sites for hydroxylation is 1. The summed E-state index contributed by atoms with van der Waals surface area (Å²) in [7, 11) is 1.60. The maximum absolute atomic E-state index is 5.62. The number of aromatic nitrogens is 2. The van der Waals surface area contributed by atoms with Gasteiger partial charge in [0, 0.05) is 17.8 Å². The Labute approximate surface area is 105 Å². The van der Waals surface area contributed by atoms with Gasteiger partial charge in [0.2, 0.25) is 11.8 Å². The zero-order valence-corrected chi connectivity index (χ0v) is 10.2. The largest absolute Gasteiger partial charge is 0.497 e. The fraction of sp³-hybridized carbons (Fsp3) is 0.167. The molecule has 0 radical (unpaired) electrons. The topological polar surface area (TPSA) is 82.3 Å². The van der Waals surface area contributed by atoms with E-state index in [2.05, 4.69) is 15.4 Å². The molecule has 0 saturated heterocycles. The van der Waals surface area contributed by atoms with Crippen molar-refractivity contribution in [2.45, 2.75) is 6.92 Å². The second-order valence-corrected chi connectivity index (χ2v) is 3.60. The van der Waals surface area contributed by atoms with Crippen LogP contribution < -0.4 is 20.7 Å². The van der Waals surface area contributed by atoms with Gasteiger partial charge in [0.25, 0.3) is 0 Å². The van der Waals surface area contributed by atoms with Crippen LogP contribution in [0.15, 0.2) is 30.3 Å². The molecule has 0 bridgehead atoms. The van der Waals surface area contributed by atoms with Crippen LogP contribution in [-0.2, 0) is 0 Å². The van der Waals surface area contributed by atoms with Gasteiger partial charge in [-0.2, -0.15) is 4.98 Å². The molecule has 2 rings (SSSR count). The fourth-order valence-corrected chi connectivity index (χ4v) is 1.44. The number of nitrogens with one attached hydrogen (secondary N) is 1. The van der Waals surface area contributed by atoms with Gasteiger partial charge in [0.05, 0.1) is 7.11 Å². The molecule has 6 nitrogen and oxygen atoms in total. The summed E-state index contributed by atoms with van der Waals surface area (Å²) in [5.74, 6) is 7.36. The number of nitrogen functional groups attached to an aromatic ring is 1. The van der Waals surface area contributed by atoms with Gasteiger partial charge in [-0.3, -0.25) is 5.43 Å². The lowest BCUT2D eigenvalue weighted by molar-refractivity contribution is 0.407. The molecular weight excluding hydrogens is 232 g/mol. The van der Waals surface area contributed by atoms with Crippen molar-refractivity contribution in [2.75, 3.05) is 12.5 Å². The molecule has 0 fully saturated rings. The quantitative estimate of drug-likeness (QED) is 0.633. The van der Waals surface area contributed by atoms with Gasteiger partial charge in [0.15, 0.2) is 0 Å². The van der Waals surface area contributed by atoms with E-state index in [9.17, 15) is 0 Å². The number of nitrogens with two attached hydrogens (primary N) is 1. The molecule has 0 aliphatic heterocycles. The zero-order chi connectivity index (χ0) is 13.0. The molecule has 0 amide bonds. The number of hydrogen-bond donors (Lipinski definition) is 2. The number of rotatable bonds is 4. The first kappa shape index (κ1) is 12.1. The van der Waals surface area contributed by atoms with Gasteiger partial charge in [-0.05, 0) is 19.1 Å². The number of hydrogen-bond acceptors (Lipinski definition) is 6. The molecule has 2 aromatic rings. The fourth-order valence-electron chi connectivity index (χ4n) is 1.44. The van der Waals surface area contributed by atoms with Crippen LogP contribution in [0.3, 0.4) is 0 Å². The molecule has 18 heavy (non-hydrogen) atoms. The van der Waals surface area contributed by atoms with E-state index in [-0.39, 0.29) is 0 Å². The molecular formula is C12H14N4O2. The molecule has 0 unspecified atom stereocenters. The number of benzene rings is 1. The van der Waals surface area contributed by atoms with Crippen molar-refractivity contribution in [3.8, 4) is 17.4 Å². The Morgan fingerprint density at radius 3 is 2.67 bits per heavy atom. The lowest BCUT2D eigenvalue weighted by atomic mass is 10.3. The number of ether oxygens (including phenoxy) is 2. The minimum Gasteiger partial charge on any atom is -0.497 e. The van der Waals surface area contributed by atoms with Crippen LogP contribution in [0.4, 0.5) is 5.95 Å². The van der Waals surface area contributed by atoms with Crippen LogP contribution >= 0.6 is 0 Å².